The molecule has 5 rings (SSSR count). The molecule has 0 saturated carbocycles. The van der Waals surface area contributed by atoms with E-state index in [-0.39, 0.29) is 5.88 Å². The van der Waals surface area contributed by atoms with Crippen molar-refractivity contribution in [1.82, 2.24) is 14.8 Å². The van der Waals surface area contributed by atoms with Gasteiger partial charge in [0, 0.05) is 17.8 Å². The summed E-state index contributed by atoms with van der Waals surface area (Å²) < 4.78 is 1.45. The lowest BCUT2D eigenvalue weighted by molar-refractivity contribution is 0.432. The normalized spacial score (nSPS) is 10.8. The highest BCUT2D eigenvalue weighted by Crippen LogP contribution is 2.35. The Labute approximate surface area is 174 Å². The molecule has 0 aliphatic heterocycles. The van der Waals surface area contributed by atoms with Crippen LogP contribution < -0.4 is 0 Å². The molecule has 0 bridgehead atoms. The molecule has 0 aliphatic rings. The quantitative estimate of drug-likeness (QED) is 0.412. The summed E-state index contributed by atoms with van der Waals surface area (Å²) in [6, 6.07) is 34.1. The van der Waals surface area contributed by atoms with Crippen LogP contribution in [0.25, 0.3) is 39.3 Å². The molecule has 0 saturated heterocycles. The van der Waals surface area contributed by atoms with Crippen LogP contribution in [0.5, 0.6) is 5.88 Å². The lowest BCUT2D eigenvalue weighted by atomic mass is 9.95. The molecule has 0 fully saturated rings. The minimum atomic E-state index is 0.0524. The second-order valence-electron chi connectivity index (χ2n) is 6.98. The molecule has 0 atom stereocenters. The third-order valence-corrected chi connectivity index (χ3v) is 5.04. The van der Waals surface area contributed by atoms with Crippen molar-refractivity contribution in [2.45, 2.75) is 0 Å². The summed E-state index contributed by atoms with van der Waals surface area (Å²) in [5.41, 5.74) is 6.13. The Kier molecular flexibility index (Phi) is 4.58. The van der Waals surface area contributed by atoms with Crippen molar-refractivity contribution < 1.29 is 5.11 Å². The van der Waals surface area contributed by atoms with Gasteiger partial charge >= 0.3 is 0 Å². The van der Waals surface area contributed by atoms with E-state index in [1.165, 1.54) is 10.2 Å². The highest BCUT2D eigenvalue weighted by molar-refractivity contribution is 5.84. The fourth-order valence-electron chi connectivity index (χ4n) is 3.61. The number of aromatic hydroxyl groups is 1. The maximum absolute atomic E-state index is 10.5. The second kappa shape index (κ2) is 7.68. The zero-order valence-electron chi connectivity index (χ0n) is 16.2. The molecule has 0 unspecified atom stereocenters. The van der Waals surface area contributed by atoms with Gasteiger partial charge in [0.05, 0.1) is 5.69 Å². The molecule has 30 heavy (non-hydrogen) atoms. The Bertz CT molecular complexity index is 1290. The van der Waals surface area contributed by atoms with Crippen molar-refractivity contribution in [3.05, 3.63) is 109 Å². The van der Waals surface area contributed by atoms with E-state index in [9.17, 15) is 5.11 Å². The number of pyridine rings is 1. The van der Waals surface area contributed by atoms with E-state index in [0.29, 0.717) is 11.5 Å². The number of hydrogen-bond donors (Lipinski definition) is 1. The summed E-state index contributed by atoms with van der Waals surface area (Å²) in [6.45, 7) is 0. The van der Waals surface area contributed by atoms with E-state index in [0.717, 1.165) is 22.3 Å². The Morgan fingerprint density at radius 3 is 2.10 bits per heavy atom. The Morgan fingerprint density at radius 1 is 0.600 bits per heavy atom. The molecule has 0 radical (unpaired) electrons. The van der Waals surface area contributed by atoms with Gasteiger partial charge in [-0.3, -0.25) is 0 Å². The number of aromatic nitrogens is 3. The SMILES string of the molecule is Oc1cc(-c2ccccc2-c2cccc(-c3ccccc3)c2)nn1-c1ccccn1. The highest BCUT2D eigenvalue weighted by atomic mass is 16.3. The van der Waals surface area contributed by atoms with Crippen LogP contribution in [-0.4, -0.2) is 19.9 Å². The number of rotatable bonds is 4. The second-order valence-corrected chi connectivity index (χ2v) is 6.98. The van der Waals surface area contributed by atoms with Gasteiger partial charge in [-0.15, -0.1) is 0 Å². The first-order chi connectivity index (χ1) is 14.8. The van der Waals surface area contributed by atoms with E-state index < -0.39 is 0 Å². The van der Waals surface area contributed by atoms with E-state index in [1.807, 2.05) is 54.6 Å². The summed E-state index contributed by atoms with van der Waals surface area (Å²) >= 11 is 0. The van der Waals surface area contributed by atoms with E-state index in [1.54, 1.807) is 12.3 Å². The fourth-order valence-corrected chi connectivity index (χ4v) is 3.61. The minimum Gasteiger partial charge on any atom is -0.493 e. The maximum Gasteiger partial charge on any atom is 0.216 e. The van der Waals surface area contributed by atoms with Crippen LogP contribution in [0.2, 0.25) is 0 Å². The number of nitrogens with zero attached hydrogens (tertiary/aromatic N) is 3. The summed E-state index contributed by atoms with van der Waals surface area (Å²) in [7, 11) is 0. The maximum atomic E-state index is 10.5. The summed E-state index contributed by atoms with van der Waals surface area (Å²) in [4.78, 5) is 4.28. The Balaban J connectivity index is 1.60. The highest BCUT2D eigenvalue weighted by Gasteiger charge is 2.15. The summed E-state index contributed by atoms with van der Waals surface area (Å²) in [5.74, 6) is 0.626. The minimum absolute atomic E-state index is 0.0524. The zero-order chi connectivity index (χ0) is 20.3. The molecule has 4 heteroatoms. The molecule has 2 heterocycles. The number of hydrogen-bond acceptors (Lipinski definition) is 3. The van der Waals surface area contributed by atoms with E-state index in [4.69, 9.17) is 0 Å². The van der Waals surface area contributed by atoms with Crippen molar-refractivity contribution in [3.8, 4) is 45.2 Å². The molecule has 5 aromatic rings. The lowest BCUT2D eigenvalue weighted by Crippen LogP contribution is -1.98. The first-order valence-electron chi connectivity index (χ1n) is 9.75. The molecule has 144 valence electrons. The van der Waals surface area contributed by atoms with Crippen LogP contribution in [0.3, 0.4) is 0 Å². The van der Waals surface area contributed by atoms with Gasteiger partial charge in [0.15, 0.2) is 5.82 Å². The third-order valence-electron chi connectivity index (χ3n) is 5.04. The van der Waals surface area contributed by atoms with E-state index >= 15 is 0 Å². The van der Waals surface area contributed by atoms with Gasteiger partial charge < -0.3 is 5.11 Å². The molecule has 0 amide bonds. The van der Waals surface area contributed by atoms with Crippen LogP contribution >= 0.6 is 0 Å². The molecule has 2 aromatic heterocycles. The molecule has 0 aliphatic carbocycles. The first kappa shape index (κ1) is 17.9. The van der Waals surface area contributed by atoms with Crippen molar-refractivity contribution in [1.29, 1.82) is 0 Å². The fraction of sp³-hybridized carbons (Fsp3) is 0. The number of benzene rings is 3. The van der Waals surface area contributed by atoms with Gasteiger partial charge in [-0.25, -0.2) is 4.98 Å². The van der Waals surface area contributed by atoms with Gasteiger partial charge in [-0.2, -0.15) is 9.78 Å². The van der Waals surface area contributed by atoms with Crippen molar-refractivity contribution >= 4 is 0 Å². The third kappa shape index (κ3) is 3.35. The molecule has 0 spiro atoms. The largest absolute Gasteiger partial charge is 0.493 e. The molecule has 4 nitrogen and oxygen atoms in total. The van der Waals surface area contributed by atoms with Gasteiger partial charge in [0.1, 0.15) is 0 Å². The predicted molar refractivity (Wildman–Crippen MR) is 119 cm³/mol. The van der Waals surface area contributed by atoms with Gasteiger partial charge in [-0.05, 0) is 40.5 Å². The van der Waals surface area contributed by atoms with Gasteiger partial charge in [-0.1, -0.05) is 78.9 Å². The molecular formula is C26H19N3O. The van der Waals surface area contributed by atoms with Crippen LogP contribution in [0, 0.1) is 0 Å². The molecule has 1 N–H and O–H groups in total. The van der Waals surface area contributed by atoms with Crippen molar-refractivity contribution in [2.75, 3.05) is 0 Å². The molecular weight excluding hydrogens is 370 g/mol. The standard InChI is InChI=1S/C26H19N3O/c30-26-18-24(28-29(26)25-15-6-7-16-27-25)23-14-5-4-13-22(23)21-12-8-11-20(17-21)19-9-2-1-3-10-19/h1-18,30H. The van der Waals surface area contributed by atoms with E-state index in [2.05, 4.69) is 52.5 Å². The van der Waals surface area contributed by atoms with Gasteiger partial charge in [0.25, 0.3) is 0 Å². The van der Waals surface area contributed by atoms with Crippen molar-refractivity contribution in [3.63, 3.8) is 0 Å². The monoisotopic (exact) mass is 389 g/mol. The Hall–Kier alpha value is -4.18. The van der Waals surface area contributed by atoms with Crippen molar-refractivity contribution in [2.24, 2.45) is 0 Å². The zero-order valence-corrected chi connectivity index (χ0v) is 16.2. The smallest absolute Gasteiger partial charge is 0.216 e. The van der Waals surface area contributed by atoms with Crippen LogP contribution in [0.4, 0.5) is 0 Å². The summed E-state index contributed by atoms with van der Waals surface area (Å²) in [6.07, 6.45) is 1.68. The summed E-state index contributed by atoms with van der Waals surface area (Å²) in [5, 5.41) is 15.1. The average molecular weight is 389 g/mol. The average Bonchev–Trinajstić information content (AvgIpc) is 3.22. The van der Waals surface area contributed by atoms with Crippen LogP contribution in [0.15, 0.2) is 109 Å². The van der Waals surface area contributed by atoms with Crippen LogP contribution in [-0.2, 0) is 0 Å². The van der Waals surface area contributed by atoms with Crippen LogP contribution in [0.1, 0.15) is 0 Å². The lowest BCUT2D eigenvalue weighted by Gasteiger charge is -2.10. The van der Waals surface area contributed by atoms with Gasteiger partial charge in [0.2, 0.25) is 5.88 Å². The Morgan fingerprint density at radius 2 is 1.30 bits per heavy atom. The molecule has 3 aromatic carbocycles. The first-order valence-corrected chi connectivity index (χ1v) is 9.75. The topological polar surface area (TPSA) is 50.9 Å². The predicted octanol–water partition coefficient (Wildman–Crippen LogP) is 5.97.